The molecule has 1 aromatic carbocycles. The molecule has 0 bridgehead atoms. The molecule has 0 aliphatic carbocycles. The van der Waals surface area contributed by atoms with Crippen LogP contribution in [0.3, 0.4) is 0 Å². The van der Waals surface area contributed by atoms with Crippen molar-refractivity contribution in [1.29, 1.82) is 0 Å². The number of hydrogen-bond donors (Lipinski definition) is 1. The van der Waals surface area contributed by atoms with Crippen molar-refractivity contribution in [3.63, 3.8) is 0 Å². The maximum Gasteiger partial charge on any atom is 0.128 e. The number of halogens is 3. The highest BCUT2D eigenvalue weighted by Crippen LogP contribution is 2.34. The molecule has 0 radical (unpaired) electrons. The first-order valence-corrected chi connectivity index (χ1v) is 6.66. The van der Waals surface area contributed by atoms with Crippen molar-refractivity contribution in [2.75, 3.05) is 7.05 Å². The van der Waals surface area contributed by atoms with E-state index in [9.17, 15) is 8.78 Å². The topological polar surface area (TPSA) is 12.0 Å². The van der Waals surface area contributed by atoms with Crippen LogP contribution in [-0.4, -0.2) is 7.05 Å². The molecule has 0 saturated carbocycles. The molecule has 0 aliphatic heterocycles. The van der Waals surface area contributed by atoms with Crippen LogP contribution in [0.2, 0.25) is 5.02 Å². The Hall–Kier alpha value is -0.970. The van der Waals surface area contributed by atoms with Crippen molar-refractivity contribution in [3.05, 3.63) is 56.2 Å². The van der Waals surface area contributed by atoms with Gasteiger partial charge in [0, 0.05) is 10.4 Å². The number of aryl methyl sites for hydroxylation is 1. The first-order valence-electron chi connectivity index (χ1n) is 5.40. The fourth-order valence-corrected chi connectivity index (χ4v) is 3.11. The molecule has 1 atom stereocenters. The summed E-state index contributed by atoms with van der Waals surface area (Å²) in [5, 5.41) is 5.35. The molecule has 1 heterocycles. The Labute approximate surface area is 113 Å². The van der Waals surface area contributed by atoms with E-state index in [1.807, 2.05) is 5.38 Å². The second-order valence-electron chi connectivity index (χ2n) is 3.98. The molecule has 5 heteroatoms. The summed E-state index contributed by atoms with van der Waals surface area (Å²) in [6, 6.07) is 3.74. The standard InChI is InChI=1S/C13H12ClF2NS/c1-7-5-11(16)8(6-10(7)15)12(17-2)13-9(14)3-4-18-13/h3-6,12,17H,1-2H3. The minimum atomic E-state index is -0.437. The predicted molar refractivity (Wildman–Crippen MR) is 71.3 cm³/mol. The fraction of sp³-hybridized carbons (Fsp3) is 0.231. The Balaban J connectivity index is 2.52. The van der Waals surface area contributed by atoms with Crippen LogP contribution in [0.15, 0.2) is 23.6 Å². The third kappa shape index (κ3) is 2.41. The van der Waals surface area contributed by atoms with Crippen LogP contribution in [0, 0.1) is 18.6 Å². The SMILES string of the molecule is CNC(c1cc(F)c(C)cc1F)c1sccc1Cl. The predicted octanol–water partition coefficient (Wildman–Crippen LogP) is 4.30. The molecule has 1 aromatic heterocycles. The minimum Gasteiger partial charge on any atom is -0.309 e. The highest BCUT2D eigenvalue weighted by molar-refractivity contribution is 7.10. The molecular weight excluding hydrogens is 276 g/mol. The molecule has 0 amide bonds. The molecule has 1 N–H and O–H groups in total. The first-order chi connectivity index (χ1) is 8.54. The summed E-state index contributed by atoms with van der Waals surface area (Å²) in [7, 11) is 1.69. The number of rotatable bonds is 3. The number of thiophene rings is 1. The van der Waals surface area contributed by atoms with Crippen molar-refractivity contribution >= 4 is 22.9 Å². The zero-order valence-corrected chi connectivity index (χ0v) is 11.5. The van der Waals surface area contributed by atoms with Crippen LogP contribution in [-0.2, 0) is 0 Å². The van der Waals surface area contributed by atoms with Gasteiger partial charge in [-0.3, -0.25) is 0 Å². The molecule has 0 fully saturated rings. The summed E-state index contributed by atoms with van der Waals surface area (Å²) in [4.78, 5) is 0.779. The van der Waals surface area contributed by atoms with E-state index in [0.717, 1.165) is 4.88 Å². The minimum absolute atomic E-state index is 0.268. The maximum absolute atomic E-state index is 13.9. The van der Waals surface area contributed by atoms with Crippen molar-refractivity contribution in [2.45, 2.75) is 13.0 Å². The number of hydrogen-bond acceptors (Lipinski definition) is 2. The highest BCUT2D eigenvalue weighted by atomic mass is 35.5. The maximum atomic E-state index is 13.9. The van der Waals surface area contributed by atoms with Gasteiger partial charge in [0.15, 0.2) is 0 Å². The molecule has 0 saturated heterocycles. The zero-order chi connectivity index (χ0) is 13.3. The van der Waals surface area contributed by atoms with Crippen LogP contribution < -0.4 is 5.32 Å². The molecule has 1 nitrogen and oxygen atoms in total. The van der Waals surface area contributed by atoms with Crippen LogP contribution in [0.25, 0.3) is 0 Å². The molecule has 96 valence electrons. The van der Waals surface area contributed by atoms with E-state index in [0.29, 0.717) is 10.6 Å². The molecule has 1 unspecified atom stereocenters. The van der Waals surface area contributed by atoms with E-state index >= 15 is 0 Å². The second kappa shape index (κ2) is 5.34. The number of benzene rings is 1. The summed E-state index contributed by atoms with van der Waals surface area (Å²) in [5.74, 6) is -0.850. The Morgan fingerprint density at radius 2 is 2.00 bits per heavy atom. The Morgan fingerprint density at radius 3 is 2.56 bits per heavy atom. The Bertz CT molecular complexity index is 568. The van der Waals surface area contributed by atoms with Gasteiger partial charge in [0.05, 0.1) is 11.1 Å². The summed E-state index contributed by atoms with van der Waals surface area (Å²) >= 11 is 7.45. The summed E-state index contributed by atoms with van der Waals surface area (Å²) < 4.78 is 27.5. The van der Waals surface area contributed by atoms with Crippen molar-refractivity contribution < 1.29 is 8.78 Å². The van der Waals surface area contributed by atoms with E-state index < -0.39 is 17.7 Å². The van der Waals surface area contributed by atoms with E-state index in [2.05, 4.69) is 5.32 Å². The third-order valence-corrected chi connectivity index (χ3v) is 4.21. The van der Waals surface area contributed by atoms with Crippen molar-refractivity contribution in [3.8, 4) is 0 Å². The first kappa shape index (κ1) is 13.5. The summed E-state index contributed by atoms with van der Waals surface area (Å²) in [6.45, 7) is 1.54. The van der Waals surface area contributed by atoms with Gasteiger partial charge in [-0.15, -0.1) is 11.3 Å². The molecule has 18 heavy (non-hydrogen) atoms. The lowest BCUT2D eigenvalue weighted by molar-refractivity contribution is 0.556. The quantitative estimate of drug-likeness (QED) is 0.888. The Morgan fingerprint density at radius 1 is 1.28 bits per heavy atom. The van der Waals surface area contributed by atoms with Crippen LogP contribution >= 0.6 is 22.9 Å². The molecule has 0 spiro atoms. The lowest BCUT2D eigenvalue weighted by Gasteiger charge is -2.17. The second-order valence-corrected chi connectivity index (χ2v) is 5.33. The molecule has 0 aliphatic rings. The normalized spacial score (nSPS) is 12.7. The van der Waals surface area contributed by atoms with Crippen molar-refractivity contribution in [2.24, 2.45) is 0 Å². The Kier molecular flexibility index (Phi) is 4.00. The van der Waals surface area contributed by atoms with Gasteiger partial charge in [0.2, 0.25) is 0 Å². The van der Waals surface area contributed by atoms with Gasteiger partial charge in [-0.05, 0) is 43.1 Å². The fourth-order valence-electron chi connectivity index (χ4n) is 1.82. The largest absolute Gasteiger partial charge is 0.309 e. The molecule has 2 aromatic rings. The lowest BCUT2D eigenvalue weighted by atomic mass is 10.0. The molecule has 2 rings (SSSR count). The van der Waals surface area contributed by atoms with Gasteiger partial charge in [0.1, 0.15) is 11.6 Å². The number of nitrogens with one attached hydrogen (secondary N) is 1. The van der Waals surface area contributed by atoms with Gasteiger partial charge in [0.25, 0.3) is 0 Å². The van der Waals surface area contributed by atoms with Gasteiger partial charge in [-0.2, -0.15) is 0 Å². The van der Waals surface area contributed by atoms with Crippen LogP contribution in [0.5, 0.6) is 0 Å². The summed E-state index contributed by atoms with van der Waals surface area (Å²) in [5.41, 5.74) is 0.563. The lowest BCUT2D eigenvalue weighted by Crippen LogP contribution is -2.18. The average Bonchev–Trinajstić information content (AvgIpc) is 2.73. The van der Waals surface area contributed by atoms with E-state index in [4.69, 9.17) is 11.6 Å². The van der Waals surface area contributed by atoms with E-state index in [1.54, 1.807) is 13.1 Å². The van der Waals surface area contributed by atoms with E-state index in [-0.39, 0.29) is 5.56 Å². The third-order valence-electron chi connectivity index (χ3n) is 2.78. The van der Waals surface area contributed by atoms with Crippen molar-refractivity contribution in [1.82, 2.24) is 5.32 Å². The zero-order valence-electron chi connectivity index (χ0n) is 9.93. The monoisotopic (exact) mass is 287 g/mol. The smallest absolute Gasteiger partial charge is 0.128 e. The van der Waals surface area contributed by atoms with Crippen LogP contribution in [0.4, 0.5) is 8.78 Å². The average molecular weight is 288 g/mol. The van der Waals surface area contributed by atoms with E-state index in [1.165, 1.54) is 30.4 Å². The van der Waals surface area contributed by atoms with Gasteiger partial charge in [-0.25, -0.2) is 8.78 Å². The highest BCUT2D eigenvalue weighted by Gasteiger charge is 2.21. The van der Waals surface area contributed by atoms with Gasteiger partial charge < -0.3 is 5.32 Å². The summed E-state index contributed by atoms with van der Waals surface area (Å²) in [6.07, 6.45) is 0. The van der Waals surface area contributed by atoms with Crippen LogP contribution in [0.1, 0.15) is 22.0 Å². The molecular formula is C13H12ClF2NS. The van der Waals surface area contributed by atoms with Gasteiger partial charge in [-0.1, -0.05) is 11.6 Å². The van der Waals surface area contributed by atoms with Gasteiger partial charge >= 0.3 is 0 Å².